The molecule has 3 rings (SSSR count). The van der Waals surface area contributed by atoms with E-state index in [1.165, 1.54) is 10.9 Å². The summed E-state index contributed by atoms with van der Waals surface area (Å²) < 4.78 is 1.43. The van der Waals surface area contributed by atoms with Crippen LogP contribution in [0.4, 0.5) is 5.69 Å². The lowest BCUT2D eigenvalue weighted by molar-refractivity contribution is -0.116. The molecule has 0 fully saturated rings. The van der Waals surface area contributed by atoms with E-state index >= 15 is 0 Å². The highest BCUT2D eigenvalue weighted by molar-refractivity contribution is 5.97. The van der Waals surface area contributed by atoms with Gasteiger partial charge in [0.2, 0.25) is 5.91 Å². The van der Waals surface area contributed by atoms with Gasteiger partial charge in [-0.2, -0.15) is 0 Å². The molecule has 7 nitrogen and oxygen atoms in total. The van der Waals surface area contributed by atoms with Crippen LogP contribution in [-0.4, -0.2) is 39.4 Å². The van der Waals surface area contributed by atoms with Gasteiger partial charge in [-0.3, -0.25) is 19.0 Å². The minimum absolute atomic E-state index is 0.0695. The maximum absolute atomic E-state index is 12.5. The molecule has 0 radical (unpaired) electrons. The molecule has 2 aromatic carbocycles. The monoisotopic (exact) mass is 392 g/mol. The summed E-state index contributed by atoms with van der Waals surface area (Å²) in [5, 5.41) is 3.32. The van der Waals surface area contributed by atoms with Crippen LogP contribution in [0.5, 0.6) is 0 Å². The van der Waals surface area contributed by atoms with Gasteiger partial charge in [0.15, 0.2) is 0 Å². The quantitative estimate of drug-likeness (QED) is 0.670. The molecule has 1 N–H and O–H groups in total. The third-order valence-electron chi connectivity index (χ3n) is 4.76. The summed E-state index contributed by atoms with van der Waals surface area (Å²) in [4.78, 5) is 43.3. The van der Waals surface area contributed by atoms with Gasteiger partial charge in [0.25, 0.3) is 11.5 Å². The SMILES string of the molecule is CCN(CC)C(=O)c1cccc(NC(=O)CCn2cnc3ccccc3c2=O)c1. The van der Waals surface area contributed by atoms with Crippen LogP contribution in [0.2, 0.25) is 0 Å². The van der Waals surface area contributed by atoms with Gasteiger partial charge in [0, 0.05) is 37.3 Å². The number of nitrogens with one attached hydrogen (secondary N) is 1. The first-order valence-corrected chi connectivity index (χ1v) is 9.66. The number of anilines is 1. The summed E-state index contributed by atoms with van der Waals surface area (Å²) in [6, 6.07) is 14.0. The lowest BCUT2D eigenvalue weighted by Gasteiger charge is -2.19. The number of hydrogen-bond donors (Lipinski definition) is 1. The van der Waals surface area contributed by atoms with Crippen molar-refractivity contribution in [1.82, 2.24) is 14.5 Å². The van der Waals surface area contributed by atoms with Crippen LogP contribution in [0.15, 0.2) is 59.7 Å². The van der Waals surface area contributed by atoms with E-state index in [-0.39, 0.29) is 30.3 Å². The van der Waals surface area contributed by atoms with Crippen molar-refractivity contribution >= 4 is 28.4 Å². The lowest BCUT2D eigenvalue weighted by Crippen LogP contribution is -2.30. The van der Waals surface area contributed by atoms with Gasteiger partial charge in [-0.1, -0.05) is 18.2 Å². The Bertz CT molecular complexity index is 1090. The maximum Gasteiger partial charge on any atom is 0.261 e. The Morgan fingerprint density at radius 3 is 2.59 bits per heavy atom. The van der Waals surface area contributed by atoms with Crippen molar-refractivity contribution in [3.05, 3.63) is 70.8 Å². The van der Waals surface area contributed by atoms with Crippen LogP contribution < -0.4 is 10.9 Å². The molecule has 1 aromatic heterocycles. The van der Waals surface area contributed by atoms with E-state index in [1.807, 2.05) is 19.9 Å². The van der Waals surface area contributed by atoms with Gasteiger partial charge < -0.3 is 10.2 Å². The van der Waals surface area contributed by atoms with Crippen molar-refractivity contribution in [2.45, 2.75) is 26.8 Å². The van der Waals surface area contributed by atoms with E-state index in [0.29, 0.717) is 35.2 Å². The average Bonchev–Trinajstić information content (AvgIpc) is 2.74. The number of carbonyl (C=O) groups is 2. The number of carbonyl (C=O) groups excluding carboxylic acids is 2. The van der Waals surface area contributed by atoms with Crippen molar-refractivity contribution in [3.63, 3.8) is 0 Å². The van der Waals surface area contributed by atoms with Crippen LogP contribution in [0, 0.1) is 0 Å². The van der Waals surface area contributed by atoms with Crippen molar-refractivity contribution in [2.75, 3.05) is 18.4 Å². The van der Waals surface area contributed by atoms with Gasteiger partial charge >= 0.3 is 0 Å². The molecular weight excluding hydrogens is 368 g/mol. The summed E-state index contributed by atoms with van der Waals surface area (Å²) in [6.07, 6.45) is 1.58. The van der Waals surface area contributed by atoms with E-state index in [9.17, 15) is 14.4 Å². The highest BCUT2D eigenvalue weighted by atomic mass is 16.2. The fraction of sp³-hybridized carbons (Fsp3) is 0.273. The molecule has 0 aliphatic carbocycles. The first kappa shape index (κ1) is 20.3. The van der Waals surface area contributed by atoms with Crippen molar-refractivity contribution < 1.29 is 9.59 Å². The topological polar surface area (TPSA) is 84.3 Å². The second-order valence-corrected chi connectivity index (χ2v) is 6.62. The number of nitrogens with zero attached hydrogens (tertiary/aromatic N) is 3. The number of para-hydroxylation sites is 1. The zero-order chi connectivity index (χ0) is 20.8. The molecule has 0 saturated carbocycles. The van der Waals surface area contributed by atoms with Crippen molar-refractivity contribution in [1.29, 1.82) is 0 Å². The van der Waals surface area contributed by atoms with Crippen LogP contribution in [0.1, 0.15) is 30.6 Å². The summed E-state index contributed by atoms with van der Waals surface area (Å²) >= 11 is 0. The van der Waals surface area contributed by atoms with Gasteiger partial charge in [-0.15, -0.1) is 0 Å². The van der Waals surface area contributed by atoms with Gasteiger partial charge in [-0.05, 0) is 44.2 Å². The average molecular weight is 392 g/mol. The number of benzene rings is 2. The molecule has 0 spiro atoms. The molecule has 150 valence electrons. The van der Waals surface area contributed by atoms with E-state index < -0.39 is 0 Å². The standard InChI is InChI=1S/C22H24N4O3/c1-3-25(4-2)21(28)16-8-7-9-17(14-16)24-20(27)12-13-26-15-23-19-11-6-5-10-18(19)22(26)29/h5-11,14-15H,3-4,12-13H2,1-2H3,(H,24,27). The molecule has 1 heterocycles. The molecule has 0 atom stereocenters. The molecule has 0 aliphatic heterocycles. The van der Waals surface area contributed by atoms with E-state index in [0.717, 1.165) is 0 Å². The fourth-order valence-corrected chi connectivity index (χ4v) is 3.13. The molecule has 0 aliphatic rings. The Balaban J connectivity index is 1.66. The molecule has 7 heteroatoms. The third-order valence-corrected chi connectivity index (χ3v) is 4.76. The molecule has 29 heavy (non-hydrogen) atoms. The Kier molecular flexibility index (Phi) is 6.39. The Morgan fingerprint density at radius 1 is 1.07 bits per heavy atom. The molecule has 0 unspecified atom stereocenters. The molecule has 3 aromatic rings. The number of rotatable bonds is 7. The summed E-state index contributed by atoms with van der Waals surface area (Å²) in [5.74, 6) is -0.308. The predicted molar refractivity (Wildman–Crippen MR) is 113 cm³/mol. The molecular formula is C22H24N4O3. The summed E-state index contributed by atoms with van der Waals surface area (Å²) in [6.45, 7) is 5.33. The Morgan fingerprint density at radius 2 is 1.83 bits per heavy atom. The number of fused-ring (bicyclic) bond motifs is 1. The highest BCUT2D eigenvalue weighted by Gasteiger charge is 2.13. The maximum atomic E-state index is 12.5. The minimum atomic E-state index is -0.238. The minimum Gasteiger partial charge on any atom is -0.339 e. The normalized spacial score (nSPS) is 10.7. The fourth-order valence-electron chi connectivity index (χ4n) is 3.13. The number of amides is 2. The van der Waals surface area contributed by atoms with Crippen LogP contribution in [0.25, 0.3) is 10.9 Å². The second-order valence-electron chi connectivity index (χ2n) is 6.62. The van der Waals surface area contributed by atoms with Gasteiger partial charge in [0.1, 0.15) is 0 Å². The van der Waals surface area contributed by atoms with E-state index in [4.69, 9.17) is 0 Å². The zero-order valence-corrected chi connectivity index (χ0v) is 16.6. The summed E-state index contributed by atoms with van der Waals surface area (Å²) in [5.41, 5.74) is 1.54. The highest BCUT2D eigenvalue weighted by Crippen LogP contribution is 2.13. The largest absolute Gasteiger partial charge is 0.339 e. The van der Waals surface area contributed by atoms with Crippen molar-refractivity contribution in [3.8, 4) is 0 Å². The third kappa shape index (κ3) is 4.68. The molecule has 2 amide bonds. The molecule has 0 bridgehead atoms. The number of hydrogen-bond acceptors (Lipinski definition) is 4. The first-order valence-electron chi connectivity index (χ1n) is 9.66. The Hall–Kier alpha value is -3.48. The number of aromatic nitrogens is 2. The number of aryl methyl sites for hydroxylation is 1. The van der Waals surface area contributed by atoms with Gasteiger partial charge in [-0.25, -0.2) is 4.98 Å². The first-order chi connectivity index (χ1) is 14.0. The molecule has 0 saturated heterocycles. The van der Waals surface area contributed by atoms with E-state index in [2.05, 4.69) is 10.3 Å². The van der Waals surface area contributed by atoms with Crippen LogP contribution >= 0.6 is 0 Å². The van der Waals surface area contributed by atoms with Crippen molar-refractivity contribution in [2.24, 2.45) is 0 Å². The second kappa shape index (κ2) is 9.14. The Labute approximate surface area is 169 Å². The van der Waals surface area contributed by atoms with Crippen LogP contribution in [0.3, 0.4) is 0 Å². The predicted octanol–water partition coefficient (Wildman–Crippen LogP) is 2.91. The van der Waals surface area contributed by atoms with Gasteiger partial charge in [0.05, 0.1) is 17.2 Å². The van der Waals surface area contributed by atoms with Crippen LogP contribution in [-0.2, 0) is 11.3 Å². The zero-order valence-electron chi connectivity index (χ0n) is 16.6. The lowest BCUT2D eigenvalue weighted by atomic mass is 10.1. The van der Waals surface area contributed by atoms with E-state index in [1.54, 1.807) is 47.4 Å². The summed E-state index contributed by atoms with van der Waals surface area (Å²) in [7, 11) is 0. The smallest absolute Gasteiger partial charge is 0.261 e.